The van der Waals surface area contributed by atoms with Gasteiger partial charge in [0, 0.05) is 6.61 Å². The smallest absolute Gasteiger partial charge is 0.237 e. The van der Waals surface area contributed by atoms with Gasteiger partial charge in [-0.15, -0.1) is 10.6 Å². The Morgan fingerprint density at radius 1 is 1.29 bits per heavy atom. The summed E-state index contributed by atoms with van der Waals surface area (Å²) in [5, 5.41) is 20.3. The molecule has 1 atom stereocenters. The van der Waals surface area contributed by atoms with Crippen LogP contribution in [0.25, 0.3) is 0 Å². The molecule has 0 amide bonds. The highest BCUT2D eigenvalue weighted by Gasteiger charge is 2.22. The van der Waals surface area contributed by atoms with Crippen molar-refractivity contribution in [3.05, 3.63) is 0 Å². The van der Waals surface area contributed by atoms with Crippen molar-refractivity contribution >= 4 is 24.3 Å². The third-order valence-electron chi connectivity index (χ3n) is 2.25. The van der Waals surface area contributed by atoms with Crippen molar-refractivity contribution in [1.82, 2.24) is 0 Å². The maximum atomic E-state index is 8.67. The minimum absolute atomic E-state index is 0.432. The molecule has 1 fully saturated rings. The standard InChI is InChI=1S/C5H12O3Si.2C2H5.Al.H/c6-5(7)9-4-2-1-3-8-9;2*1-2;;/h5-7,9H,1-4H2;2*1H2,2H3;;. The zero-order chi connectivity index (χ0) is 10.8. The summed E-state index contributed by atoms with van der Waals surface area (Å²) in [6.45, 7) is 5.28. The van der Waals surface area contributed by atoms with Crippen LogP contribution >= 0.6 is 0 Å². The van der Waals surface area contributed by atoms with Crippen molar-refractivity contribution in [3.8, 4) is 0 Å². The van der Waals surface area contributed by atoms with Gasteiger partial charge in [0.15, 0.2) is 5.91 Å². The second kappa shape index (κ2) is 10.2. The first-order valence-electron chi connectivity index (χ1n) is 5.70. The molecule has 84 valence electrons. The monoisotopic (exact) mass is 234 g/mol. The van der Waals surface area contributed by atoms with Gasteiger partial charge in [0.25, 0.3) is 0 Å². The normalized spacial score (nSPS) is 21.4. The Bertz CT molecular complexity index is 117. The predicted octanol–water partition coefficient (Wildman–Crippen LogP) is 0.670. The topological polar surface area (TPSA) is 49.7 Å². The van der Waals surface area contributed by atoms with Crippen molar-refractivity contribution < 1.29 is 14.6 Å². The van der Waals surface area contributed by atoms with Gasteiger partial charge >= 0.3 is 0 Å². The van der Waals surface area contributed by atoms with Crippen LogP contribution < -0.4 is 0 Å². The quantitative estimate of drug-likeness (QED) is 0.557. The van der Waals surface area contributed by atoms with Gasteiger partial charge in [-0.05, 0) is 12.5 Å². The average molecular weight is 234 g/mol. The predicted molar refractivity (Wildman–Crippen MR) is 63.5 cm³/mol. The molecule has 0 aromatic carbocycles. The van der Waals surface area contributed by atoms with E-state index in [2.05, 4.69) is 13.8 Å². The molecule has 5 heteroatoms. The van der Waals surface area contributed by atoms with E-state index in [0.29, 0.717) is 15.2 Å². The van der Waals surface area contributed by atoms with Gasteiger partial charge in [-0.3, -0.25) is 0 Å². The van der Waals surface area contributed by atoms with Crippen molar-refractivity contribution in [2.75, 3.05) is 6.61 Å². The zero-order valence-electron chi connectivity index (χ0n) is 9.41. The lowest BCUT2D eigenvalue weighted by molar-refractivity contribution is 0.00707. The van der Waals surface area contributed by atoms with Crippen LogP contribution in [0.2, 0.25) is 16.6 Å². The molecule has 0 spiro atoms. The van der Waals surface area contributed by atoms with E-state index in [1.165, 1.54) is 10.6 Å². The summed E-state index contributed by atoms with van der Waals surface area (Å²) in [5.41, 5.74) is 0. The molecule has 0 aromatic rings. The van der Waals surface area contributed by atoms with E-state index in [9.17, 15) is 0 Å². The molecular formula is C9H23AlO3Si. The van der Waals surface area contributed by atoms with Crippen LogP contribution in [0.1, 0.15) is 26.7 Å². The summed E-state index contributed by atoms with van der Waals surface area (Å²) in [6.07, 6.45) is 2.19. The van der Waals surface area contributed by atoms with Gasteiger partial charge < -0.3 is 14.6 Å². The summed E-state index contributed by atoms with van der Waals surface area (Å²) >= 11 is 0.432. The first-order valence-corrected chi connectivity index (χ1v) is 9.65. The van der Waals surface area contributed by atoms with Crippen LogP contribution in [0.15, 0.2) is 0 Å². The van der Waals surface area contributed by atoms with Gasteiger partial charge in [0.05, 0.1) is 0 Å². The van der Waals surface area contributed by atoms with Crippen LogP contribution in [0.3, 0.4) is 0 Å². The van der Waals surface area contributed by atoms with Crippen LogP contribution in [0.4, 0.5) is 0 Å². The van der Waals surface area contributed by atoms with E-state index in [-0.39, 0.29) is 0 Å². The maximum Gasteiger partial charge on any atom is 0.237 e. The van der Waals surface area contributed by atoms with Crippen LogP contribution in [0, 0.1) is 0 Å². The highest BCUT2D eigenvalue weighted by Crippen LogP contribution is 2.11. The molecule has 3 nitrogen and oxygen atoms in total. The number of aliphatic hydroxyl groups excluding tert-OH is 1. The molecule has 1 heterocycles. The Labute approximate surface area is 94.9 Å². The first-order chi connectivity index (χ1) is 6.72. The number of hydrogen-bond donors (Lipinski definition) is 2. The minimum atomic E-state index is -1.59. The molecule has 1 saturated heterocycles. The van der Waals surface area contributed by atoms with Crippen molar-refractivity contribution in [2.24, 2.45) is 0 Å². The van der Waals surface area contributed by atoms with Gasteiger partial charge in [0.2, 0.25) is 24.3 Å². The highest BCUT2D eigenvalue weighted by atomic mass is 28.3. The molecule has 1 rings (SSSR count). The van der Waals surface area contributed by atoms with E-state index in [1.807, 2.05) is 0 Å². The Hall–Kier alpha value is 0.629. The lowest BCUT2D eigenvalue weighted by atomic mass is 10.4. The molecule has 0 aromatic heterocycles. The first kappa shape index (κ1) is 14.6. The van der Waals surface area contributed by atoms with Crippen molar-refractivity contribution in [2.45, 2.75) is 49.2 Å². The summed E-state index contributed by atoms with van der Waals surface area (Å²) in [5.74, 6) is -1.15. The summed E-state index contributed by atoms with van der Waals surface area (Å²) in [4.78, 5) is 0. The molecule has 1 aliphatic rings. The molecule has 0 saturated carbocycles. The second-order valence-electron chi connectivity index (χ2n) is 3.67. The zero-order valence-corrected chi connectivity index (χ0v) is 12.0. The van der Waals surface area contributed by atoms with Crippen molar-refractivity contribution in [1.29, 1.82) is 0 Å². The molecule has 0 radical (unpaired) electrons. The lowest BCUT2D eigenvalue weighted by Gasteiger charge is -2.21. The number of rotatable bonds is 3. The SMILES string of the molecule is C[CH2][AlH][CH2]C.OC(O)[SiH]1CCCCO1. The number of aliphatic hydroxyl groups is 2. The molecule has 2 N–H and O–H groups in total. The fraction of sp³-hybridized carbons (Fsp3) is 1.00. The summed E-state index contributed by atoms with van der Waals surface area (Å²) < 4.78 is 5.18. The van der Waals surface area contributed by atoms with Crippen LogP contribution in [-0.2, 0) is 4.43 Å². The molecule has 1 aliphatic heterocycles. The lowest BCUT2D eigenvalue weighted by Crippen LogP contribution is -2.36. The minimum Gasteiger partial charge on any atom is -0.414 e. The molecule has 0 bridgehead atoms. The molecule has 14 heavy (non-hydrogen) atoms. The highest BCUT2D eigenvalue weighted by molar-refractivity contribution is 6.52. The van der Waals surface area contributed by atoms with E-state index in [0.717, 1.165) is 25.5 Å². The van der Waals surface area contributed by atoms with Gasteiger partial charge in [-0.2, -0.15) is 0 Å². The molecular weight excluding hydrogens is 211 g/mol. The Kier molecular flexibility index (Phi) is 10.6. The fourth-order valence-corrected chi connectivity index (χ4v) is 3.86. The van der Waals surface area contributed by atoms with Gasteiger partial charge in [0.1, 0.15) is 0 Å². The van der Waals surface area contributed by atoms with E-state index in [1.54, 1.807) is 0 Å². The Morgan fingerprint density at radius 3 is 2.14 bits per heavy atom. The Morgan fingerprint density at radius 2 is 1.93 bits per heavy atom. The average Bonchev–Trinajstić information content (AvgIpc) is 2.21. The molecule has 1 unspecified atom stereocenters. The Balaban J connectivity index is 0.000000292. The van der Waals surface area contributed by atoms with Gasteiger partial charge in [-0.25, -0.2) is 0 Å². The third kappa shape index (κ3) is 7.98. The maximum absolute atomic E-state index is 8.67. The van der Waals surface area contributed by atoms with Crippen molar-refractivity contribution in [3.63, 3.8) is 0 Å². The van der Waals surface area contributed by atoms with Gasteiger partial charge in [-0.1, -0.05) is 20.3 Å². The largest absolute Gasteiger partial charge is 0.414 e. The fourth-order valence-electron chi connectivity index (χ4n) is 1.35. The van der Waals surface area contributed by atoms with E-state index < -0.39 is 15.0 Å². The number of hydrogen-bond acceptors (Lipinski definition) is 3. The van der Waals surface area contributed by atoms with E-state index in [4.69, 9.17) is 14.6 Å². The summed E-state index contributed by atoms with van der Waals surface area (Å²) in [7, 11) is -1.59. The molecule has 0 aliphatic carbocycles. The summed E-state index contributed by atoms with van der Waals surface area (Å²) in [6, 6.07) is 0.914. The third-order valence-corrected chi connectivity index (χ3v) is 5.97. The van der Waals surface area contributed by atoms with Crippen LogP contribution in [0.5, 0.6) is 0 Å². The van der Waals surface area contributed by atoms with Crippen LogP contribution in [-0.4, -0.2) is 47.0 Å². The second-order valence-corrected chi connectivity index (χ2v) is 8.96. The van der Waals surface area contributed by atoms with E-state index >= 15 is 0 Å².